The Balaban J connectivity index is 1.93. The summed E-state index contributed by atoms with van der Waals surface area (Å²) in [5.74, 6) is 0.451. The van der Waals surface area contributed by atoms with E-state index >= 15 is 0 Å². The van der Waals surface area contributed by atoms with E-state index in [9.17, 15) is 9.59 Å². The largest absolute Gasteiger partial charge is 0.497 e. The molecule has 0 radical (unpaired) electrons. The van der Waals surface area contributed by atoms with Crippen LogP contribution in [0.5, 0.6) is 5.75 Å². The van der Waals surface area contributed by atoms with Crippen molar-refractivity contribution in [2.24, 2.45) is 0 Å². The molecule has 0 fully saturated rings. The van der Waals surface area contributed by atoms with Crippen LogP contribution in [0.25, 0.3) is 5.70 Å². The number of nitrogens with one attached hydrogen (secondary N) is 2. The highest BCUT2D eigenvalue weighted by atomic mass is 16.5. The van der Waals surface area contributed by atoms with Crippen molar-refractivity contribution >= 4 is 17.5 Å². The number of benzene rings is 1. The van der Waals surface area contributed by atoms with Gasteiger partial charge in [-0.1, -0.05) is 0 Å². The minimum atomic E-state index is -0.186. The highest BCUT2D eigenvalue weighted by Crippen LogP contribution is 2.20. The fraction of sp³-hybridized carbons (Fsp3) is 0.412. The standard InChI is InChI=1S/C17H24N4O3/c1-20(2)11-10-18-16(22)12-21-17(23)9-8-15(19-21)13-4-6-14(24-3)7-5-13/h4-8,19H,9-12H2,1-3H3,(H,18,22). The first-order chi connectivity index (χ1) is 11.5. The van der Waals surface area contributed by atoms with E-state index < -0.39 is 0 Å². The van der Waals surface area contributed by atoms with Gasteiger partial charge >= 0.3 is 0 Å². The Kier molecular flexibility index (Phi) is 6.20. The summed E-state index contributed by atoms with van der Waals surface area (Å²) in [6.07, 6.45) is 2.09. The normalized spacial score (nSPS) is 14.2. The lowest BCUT2D eigenvalue weighted by atomic mass is 10.1. The summed E-state index contributed by atoms with van der Waals surface area (Å²) in [6.45, 7) is 1.29. The molecule has 0 bridgehead atoms. The number of carbonyl (C=O) groups excluding carboxylic acids is 2. The molecule has 0 saturated carbocycles. The number of ether oxygens (including phenoxy) is 1. The zero-order chi connectivity index (χ0) is 17.5. The molecule has 0 atom stereocenters. The quantitative estimate of drug-likeness (QED) is 0.758. The maximum atomic E-state index is 12.0. The summed E-state index contributed by atoms with van der Waals surface area (Å²) in [5, 5.41) is 4.15. The van der Waals surface area contributed by atoms with Gasteiger partial charge in [-0.15, -0.1) is 0 Å². The molecule has 1 aliphatic heterocycles. The van der Waals surface area contributed by atoms with Gasteiger partial charge in [-0.25, -0.2) is 5.01 Å². The van der Waals surface area contributed by atoms with Gasteiger partial charge in [-0.05, 0) is 50.0 Å². The van der Waals surface area contributed by atoms with E-state index in [0.29, 0.717) is 6.54 Å². The van der Waals surface area contributed by atoms with Crippen LogP contribution < -0.4 is 15.5 Å². The molecule has 0 saturated heterocycles. The second-order valence-electron chi connectivity index (χ2n) is 5.80. The number of nitrogens with zero attached hydrogens (tertiary/aromatic N) is 2. The van der Waals surface area contributed by atoms with Crippen LogP contribution in [0.2, 0.25) is 0 Å². The number of likely N-dealkylation sites (N-methyl/N-ethyl adjacent to an activating group) is 1. The second-order valence-corrected chi connectivity index (χ2v) is 5.80. The maximum Gasteiger partial charge on any atom is 0.245 e. The van der Waals surface area contributed by atoms with E-state index in [-0.39, 0.29) is 24.8 Å². The molecule has 7 heteroatoms. The molecule has 2 amide bonds. The second kappa shape index (κ2) is 8.35. The Morgan fingerprint density at radius 2 is 2.04 bits per heavy atom. The number of hydrazine groups is 1. The fourth-order valence-corrected chi connectivity index (χ4v) is 2.25. The van der Waals surface area contributed by atoms with E-state index in [2.05, 4.69) is 10.7 Å². The van der Waals surface area contributed by atoms with Crippen LogP contribution in [0.1, 0.15) is 12.0 Å². The average molecular weight is 332 g/mol. The van der Waals surface area contributed by atoms with Crippen molar-refractivity contribution in [2.45, 2.75) is 6.42 Å². The molecule has 2 N–H and O–H groups in total. The molecule has 0 aliphatic carbocycles. The average Bonchev–Trinajstić information content (AvgIpc) is 2.56. The minimum absolute atomic E-state index is 0.0141. The first-order valence-corrected chi connectivity index (χ1v) is 7.82. The lowest BCUT2D eigenvalue weighted by Gasteiger charge is -2.29. The third-order valence-electron chi connectivity index (χ3n) is 3.62. The van der Waals surface area contributed by atoms with Gasteiger partial charge in [0.15, 0.2) is 0 Å². The number of rotatable bonds is 7. The predicted octanol–water partition coefficient (Wildman–Crippen LogP) is 0.451. The van der Waals surface area contributed by atoms with E-state index in [1.807, 2.05) is 49.3 Å². The topological polar surface area (TPSA) is 73.9 Å². The van der Waals surface area contributed by atoms with E-state index in [0.717, 1.165) is 23.6 Å². The van der Waals surface area contributed by atoms with Crippen molar-refractivity contribution in [3.05, 3.63) is 35.9 Å². The van der Waals surface area contributed by atoms with Crippen LogP contribution in [-0.2, 0) is 9.59 Å². The third kappa shape index (κ3) is 4.99. The molecule has 130 valence electrons. The molecule has 0 aromatic heterocycles. The highest BCUT2D eigenvalue weighted by Gasteiger charge is 2.22. The van der Waals surface area contributed by atoms with E-state index in [1.54, 1.807) is 7.11 Å². The number of hydrogen-bond donors (Lipinski definition) is 2. The molecule has 0 unspecified atom stereocenters. The molecule has 1 aromatic carbocycles. The zero-order valence-electron chi connectivity index (χ0n) is 14.3. The summed E-state index contributed by atoms with van der Waals surface area (Å²) < 4.78 is 5.14. The summed E-state index contributed by atoms with van der Waals surface area (Å²) in [4.78, 5) is 25.9. The first kappa shape index (κ1) is 17.8. The summed E-state index contributed by atoms with van der Waals surface area (Å²) in [5.41, 5.74) is 4.76. The van der Waals surface area contributed by atoms with Crippen molar-refractivity contribution in [3.63, 3.8) is 0 Å². The summed E-state index contributed by atoms with van der Waals surface area (Å²) in [7, 11) is 5.49. The van der Waals surface area contributed by atoms with Gasteiger partial charge in [0.2, 0.25) is 11.8 Å². The van der Waals surface area contributed by atoms with E-state index in [4.69, 9.17) is 4.74 Å². The molecule has 24 heavy (non-hydrogen) atoms. The lowest BCUT2D eigenvalue weighted by Crippen LogP contribution is -2.49. The van der Waals surface area contributed by atoms with Crippen LogP contribution in [0, 0.1) is 0 Å². The molecule has 7 nitrogen and oxygen atoms in total. The molecular weight excluding hydrogens is 308 g/mol. The van der Waals surface area contributed by atoms with Crippen LogP contribution in [0.3, 0.4) is 0 Å². The molecule has 0 spiro atoms. The Bertz CT molecular complexity index is 611. The fourth-order valence-electron chi connectivity index (χ4n) is 2.25. The minimum Gasteiger partial charge on any atom is -0.497 e. The highest BCUT2D eigenvalue weighted by molar-refractivity contribution is 5.88. The van der Waals surface area contributed by atoms with Gasteiger partial charge in [0, 0.05) is 19.5 Å². The van der Waals surface area contributed by atoms with Crippen LogP contribution in [-0.4, -0.2) is 62.6 Å². The van der Waals surface area contributed by atoms with Gasteiger partial charge in [0.05, 0.1) is 12.8 Å². The van der Waals surface area contributed by atoms with Gasteiger partial charge in [0.1, 0.15) is 12.3 Å². The van der Waals surface area contributed by atoms with Gasteiger partial charge in [-0.3, -0.25) is 15.0 Å². The maximum absolute atomic E-state index is 12.0. The molecule has 1 aromatic rings. The van der Waals surface area contributed by atoms with Crippen molar-refractivity contribution in [1.29, 1.82) is 0 Å². The SMILES string of the molecule is COc1ccc(C2=CCC(=O)N(CC(=O)NCCN(C)C)N2)cc1. The van der Waals surface area contributed by atoms with E-state index in [1.165, 1.54) is 5.01 Å². The number of carbonyl (C=O) groups is 2. The summed E-state index contributed by atoms with van der Waals surface area (Å²) >= 11 is 0. The van der Waals surface area contributed by atoms with Crippen LogP contribution in [0.15, 0.2) is 30.3 Å². The summed E-state index contributed by atoms with van der Waals surface area (Å²) in [6, 6.07) is 7.52. The Morgan fingerprint density at radius 3 is 2.67 bits per heavy atom. The Morgan fingerprint density at radius 1 is 1.33 bits per heavy atom. The monoisotopic (exact) mass is 332 g/mol. The number of methoxy groups -OCH3 is 1. The molecular formula is C17H24N4O3. The van der Waals surface area contributed by atoms with Crippen molar-refractivity contribution in [2.75, 3.05) is 40.8 Å². The number of amides is 2. The number of hydrogen-bond acceptors (Lipinski definition) is 5. The predicted molar refractivity (Wildman–Crippen MR) is 92.0 cm³/mol. The molecule has 1 aliphatic rings. The van der Waals surface area contributed by atoms with Gasteiger partial charge in [-0.2, -0.15) is 0 Å². The van der Waals surface area contributed by atoms with Gasteiger partial charge < -0.3 is 15.0 Å². The Labute approximate surface area is 142 Å². The van der Waals surface area contributed by atoms with Crippen molar-refractivity contribution in [1.82, 2.24) is 20.7 Å². The zero-order valence-corrected chi connectivity index (χ0v) is 14.3. The Hall–Kier alpha value is -2.54. The molecule has 2 rings (SSSR count). The first-order valence-electron chi connectivity index (χ1n) is 7.82. The van der Waals surface area contributed by atoms with Gasteiger partial charge in [0.25, 0.3) is 0 Å². The van der Waals surface area contributed by atoms with Crippen molar-refractivity contribution < 1.29 is 14.3 Å². The third-order valence-corrected chi connectivity index (χ3v) is 3.62. The molecule has 1 heterocycles. The van der Waals surface area contributed by atoms with Crippen LogP contribution in [0.4, 0.5) is 0 Å². The lowest BCUT2D eigenvalue weighted by molar-refractivity contribution is -0.137. The smallest absolute Gasteiger partial charge is 0.245 e. The van der Waals surface area contributed by atoms with Crippen LogP contribution >= 0.6 is 0 Å². The van der Waals surface area contributed by atoms with Crippen molar-refractivity contribution in [3.8, 4) is 5.75 Å².